The summed E-state index contributed by atoms with van der Waals surface area (Å²) >= 11 is 0. The first kappa shape index (κ1) is 38.0. The molecule has 15 nitrogen and oxygen atoms in total. The van der Waals surface area contributed by atoms with Gasteiger partial charge in [-0.05, 0) is 61.3 Å². The topological polar surface area (TPSA) is 221 Å². The molecule has 272 valence electrons. The number of nitrogens with one attached hydrogen (secondary N) is 5. The molecule has 0 bridgehead atoms. The minimum atomic E-state index is -1.45. The fraction of sp³-hybridized carbons (Fsp3) is 0.543. The number of unbranched alkanes of at least 4 members (excludes halogenated alkanes) is 1. The highest BCUT2D eigenvalue weighted by atomic mass is 16.5. The molecule has 3 atom stereocenters. The Bertz CT molecular complexity index is 1490. The molecule has 15 heteroatoms. The Kier molecular flexibility index (Phi) is 14.3. The van der Waals surface area contributed by atoms with Gasteiger partial charge in [0, 0.05) is 44.8 Å². The summed E-state index contributed by atoms with van der Waals surface area (Å²) in [5.41, 5.74) is 0.675. The molecule has 0 unspecified atom stereocenters. The van der Waals surface area contributed by atoms with E-state index in [1.165, 1.54) is 0 Å². The molecule has 1 aliphatic carbocycles. The third-order valence-electron chi connectivity index (χ3n) is 9.24. The Labute approximate surface area is 290 Å². The monoisotopic (exact) mass is 697 g/mol. The van der Waals surface area contributed by atoms with E-state index in [1.807, 2.05) is 42.5 Å². The number of aliphatic carboxylic acids is 2. The van der Waals surface area contributed by atoms with E-state index in [-0.39, 0.29) is 49.2 Å². The van der Waals surface area contributed by atoms with Crippen LogP contribution in [0.1, 0.15) is 63.4 Å². The fourth-order valence-corrected chi connectivity index (χ4v) is 6.44. The zero-order valence-electron chi connectivity index (χ0n) is 28.0. The second-order valence-electron chi connectivity index (χ2n) is 12.9. The van der Waals surface area contributed by atoms with Crippen LogP contribution in [-0.4, -0.2) is 96.6 Å². The number of carboxylic acid groups (broad SMARTS) is 2. The highest BCUT2D eigenvalue weighted by Gasteiger charge is 2.40. The zero-order valence-corrected chi connectivity index (χ0v) is 28.0. The fourth-order valence-electron chi connectivity index (χ4n) is 6.44. The average Bonchev–Trinajstić information content (AvgIpc) is 3.10. The Morgan fingerprint density at radius 2 is 1.72 bits per heavy atom. The van der Waals surface area contributed by atoms with Crippen LogP contribution in [0, 0.1) is 5.92 Å². The molecule has 1 saturated carbocycles. The minimum Gasteiger partial charge on any atom is -0.481 e. The van der Waals surface area contributed by atoms with Crippen LogP contribution in [0.2, 0.25) is 0 Å². The summed E-state index contributed by atoms with van der Waals surface area (Å²) in [4.78, 5) is 72.4. The number of urea groups is 1. The first-order chi connectivity index (χ1) is 24.1. The number of hydrogen-bond acceptors (Lipinski definition) is 9. The lowest BCUT2D eigenvalue weighted by molar-refractivity contribution is -0.141. The number of benzene rings is 2. The van der Waals surface area contributed by atoms with Crippen molar-refractivity contribution in [2.45, 2.75) is 88.1 Å². The van der Waals surface area contributed by atoms with Crippen LogP contribution in [0.15, 0.2) is 42.5 Å². The maximum absolute atomic E-state index is 13.5. The number of morpholine rings is 1. The number of hydrogen-bond donors (Lipinski definition) is 7. The molecule has 2 aromatic carbocycles. The highest BCUT2D eigenvalue weighted by molar-refractivity contribution is 5.89. The number of fused-ring (bicyclic) bond motifs is 1. The molecule has 2 fully saturated rings. The summed E-state index contributed by atoms with van der Waals surface area (Å²) < 4.78 is 11.0. The van der Waals surface area contributed by atoms with Gasteiger partial charge >= 0.3 is 18.0 Å². The van der Waals surface area contributed by atoms with Crippen molar-refractivity contribution >= 4 is 47.0 Å². The smallest absolute Gasteiger partial charge is 0.326 e. The van der Waals surface area contributed by atoms with E-state index < -0.39 is 42.7 Å². The van der Waals surface area contributed by atoms with Gasteiger partial charge in [0.05, 0.1) is 12.2 Å². The number of carbonyl (C=O) groups excluding carboxylic acids is 4. The SMILES string of the molecule is O=CO[C@H](CCCCNC(=O)[C@H](Cc1ccc2ccccc2c1)NC(=O)C1CCC2(CC1)CNCCO2)NC(=O)N[C@@H](CCC(=O)O)C(=O)O. The maximum Gasteiger partial charge on any atom is 0.326 e. The molecule has 0 radical (unpaired) electrons. The Morgan fingerprint density at radius 3 is 2.40 bits per heavy atom. The summed E-state index contributed by atoms with van der Waals surface area (Å²) in [6.07, 6.45) is 2.33. The number of carboxylic acids is 2. The van der Waals surface area contributed by atoms with Crippen molar-refractivity contribution in [3.8, 4) is 0 Å². The van der Waals surface area contributed by atoms with E-state index in [9.17, 15) is 33.9 Å². The van der Waals surface area contributed by atoms with Gasteiger partial charge in [-0.2, -0.15) is 0 Å². The standard InChI is InChI=1S/C35H47N5O10/c41-22-49-29(40-34(48)39-27(33(46)47)10-11-30(42)43)7-3-4-16-37-32(45)28(20-23-8-9-24-5-1-2-6-26(24)19-23)38-31(44)25-12-14-35(15-13-25)21-36-17-18-50-35/h1-2,5-6,8-9,19,22,25,27-29,36H,3-4,7,10-18,20-21H2,(H,37,45)(H,38,44)(H,42,43)(H,46,47)(H2,39,40,48)/t25?,27-,28-,29+,35?/m0/s1. The number of carbonyl (C=O) groups is 6. The van der Waals surface area contributed by atoms with Crippen LogP contribution in [-0.2, 0) is 39.9 Å². The van der Waals surface area contributed by atoms with Crippen LogP contribution in [0.25, 0.3) is 10.8 Å². The van der Waals surface area contributed by atoms with Crippen molar-refractivity contribution in [2.24, 2.45) is 5.92 Å². The van der Waals surface area contributed by atoms with Crippen LogP contribution >= 0.6 is 0 Å². The summed E-state index contributed by atoms with van der Waals surface area (Å²) in [5, 5.41) is 34.0. The zero-order chi connectivity index (χ0) is 35.9. The van der Waals surface area contributed by atoms with Crippen molar-refractivity contribution in [1.82, 2.24) is 26.6 Å². The van der Waals surface area contributed by atoms with E-state index in [4.69, 9.17) is 14.6 Å². The second kappa shape index (κ2) is 18.9. The van der Waals surface area contributed by atoms with E-state index in [1.54, 1.807) is 0 Å². The second-order valence-corrected chi connectivity index (χ2v) is 12.9. The average molecular weight is 698 g/mol. The summed E-state index contributed by atoms with van der Waals surface area (Å²) in [6, 6.07) is 10.7. The number of rotatable bonds is 18. The maximum atomic E-state index is 13.5. The van der Waals surface area contributed by atoms with Gasteiger partial charge in [-0.1, -0.05) is 42.5 Å². The molecule has 1 aliphatic heterocycles. The quantitative estimate of drug-likeness (QED) is 0.0676. The summed E-state index contributed by atoms with van der Waals surface area (Å²) in [6.45, 7) is 2.65. The number of ether oxygens (including phenoxy) is 2. The van der Waals surface area contributed by atoms with E-state index >= 15 is 0 Å². The molecule has 1 heterocycles. The van der Waals surface area contributed by atoms with Crippen LogP contribution in [0.4, 0.5) is 4.79 Å². The Hall–Kier alpha value is -4.76. The lowest BCUT2D eigenvalue weighted by Gasteiger charge is -2.42. The van der Waals surface area contributed by atoms with Gasteiger partial charge in [-0.3, -0.25) is 19.2 Å². The molecule has 7 N–H and O–H groups in total. The van der Waals surface area contributed by atoms with Crippen molar-refractivity contribution in [3.63, 3.8) is 0 Å². The van der Waals surface area contributed by atoms with Gasteiger partial charge in [0.25, 0.3) is 6.47 Å². The Balaban J connectivity index is 1.29. The van der Waals surface area contributed by atoms with Crippen molar-refractivity contribution in [3.05, 3.63) is 48.0 Å². The van der Waals surface area contributed by atoms with Gasteiger partial charge < -0.3 is 46.3 Å². The third kappa shape index (κ3) is 11.7. The van der Waals surface area contributed by atoms with Gasteiger partial charge in [-0.25, -0.2) is 9.59 Å². The van der Waals surface area contributed by atoms with E-state index in [0.717, 1.165) is 42.3 Å². The molecule has 0 aromatic heterocycles. The lowest BCUT2D eigenvalue weighted by atomic mass is 9.77. The normalized spacial score (nSPS) is 20.5. The van der Waals surface area contributed by atoms with Crippen molar-refractivity contribution in [2.75, 3.05) is 26.2 Å². The van der Waals surface area contributed by atoms with Gasteiger partial charge in [0.1, 0.15) is 12.1 Å². The predicted molar refractivity (Wildman–Crippen MR) is 181 cm³/mol. The molecule has 50 heavy (non-hydrogen) atoms. The van der Waals surface area contributed by atoms with Crippen molar-refractivity contribution < 1.29 is 48.5 Å². The first-order valence-electron chi connectivity index (χ1n) is 17.1. The first-order valence-corrected chi connectivity index (χ1v) is 17.1. The van der Waals surface area contributed by atoms with E-state index in [0.29, 0.717) is 38.7 Å². The van der Waals surface area contributed by atoms with Crippen molar-refractivity contribution in [1.29, 1.82) is 0 Å². The Morgan fingerprint density at radius 1 is 0.960 bits per heavy atom. The molecular formula is C35H47N5O10. The van der Waals surface area contributed by atoms with Crippen LogP contribution in [0.5, 0.6) is 0 Å². The van der Waals surface area contributed by atoms with Gasteiger partial charge in [0.15, 0.2) is 6.23 Å². The molecule has 1 saturated heterocycles. The molecule has 2 aromatic rings. The molecule has 2 aliphatic rings. The largest absolute Gasteiger partial charge is 0.481 e. The van der Waals surface area contributed by atoms with Gasteiger partial charge in [0.2, 0.25) is 11.8 Å². The molecule has 4 amide bonds. The molecule has 4 rings (SSSR count). The molecule has 1 spiro atoms. The third-order valence-corrected chi connectivity index (χ3v) is 9.24. The van der Waals surface area contributed by atoms with Crippen LogP contribution in [0.3, 0.4) is 0 Å². The van der Waals surface area contributed by atoms with E-state index in [2.05, 4.69) is 26.6 Å². The lowest BCUT2D eigenvalue weighted by Crippen LogP contribution is -2.54. The molecular weight excluding hydrogens is 650 g/mol. The van der Waals surface area contributed by atoms with Gasteiger partial charge in [-0.15, -0.1) is 0 Å². The minimum absolute atomic E-state index is 0.150. The summed E-state index contributed by atoms with van der Waals surface area (Å²) in [7, 11) is 0. The highest BCUT2D eigenvalue weighted by Crippen LogP contribution is 2.35. The predicted octanol–water partition coefficient (Wildman–Crippen LogP) is 1.82. The number of amides is 4. The summed E-state index contributed by atoms with van der Waals surface area (Å²) in [5.74, 6) is -3.33. The van der Waals surface area contributed by atoms with Crippen LogP contribution < -0.4 is 26.6 Å².